The van der Waals surface area contributed by atoms with E-state index in [0.717, 1.165) is 12.2 Å². The zero-order valence-electron chi connectivity index (χ0n) is 8.78. The van der Waals surface area contributed by atoms with Crippen LogP contribution in [0.5, 0.6) is 0 Å². The van der Waals surface area contributed by atoms with E-state index in [2.05, 4.69) is 38.1 Å². The molecule has 80 valence electrons. The van der Waals surface area contributed by atoms with Gasteiger partial charge in [-0.2, -0.15) is 0 Å². The topological polar surface area (TPSA) is 81.8 Å². The van der Waals surface area contributed by atoms with Crippen LogP contribution in [0, 0.1) is 10.8 Å². The molecule has 0 radical (unpaired) electrons. The van der Waals surface area contributed by atoms with Crippen molar-refractivity contribution in [3.63, 3.8) is 0 Å². The molecule has 0 aliphatic heterocycles. The highest BCUT2D eigenvalue weighted by Crippen LogP contribution is 2.11. The van der Waals surface area contributed by atoms with Gasteiger partial charge < -0.3 is 0 Å². The third-order valence-corrected chi connectivity index (χ3v) is 1.47. The summed E-state index contributed by atoms with van der Waals surface area (Å²) >= 11 is 0. The van der Waals surface area contributed by atoms with Crippen LogP contribution in [0.4, 0.5) is 0 Å². The molecule has 0 saturated heterocycles. The first-order chi connectivity index (χ1) is 7.13. The predicted molar refractivity (Wildman–Crippen MR) is 57.4 cm³/mol. The molecule has 4 nitrogen and oxygen atoms in total. The van der Waals surface area contributed by atoms with Crippen LogP contribution in [0.2, 0.25) is 0 Å². The molecule has 0 amide bonds. The number of carbonyl (C=O) groups excluding carboxylic acids is 2. The summed E-state index contributed by atoms with van der Waals surface area (Å²) in [5, 5.41) is 10.8. The van der Waals surface area contributed by atoms with Gasteiger partial charge in [-0.15, -0.1) is 0 Å². The van der Waals surface area contributed by atoms with E-state index in [1.165, 1.54) is 5.56 Å². The fraction of sp³-hybridized carbons (Fsp3) is 0.273. The Bertz CT molecular complexity index is 297. The Balaban J connectivity index is 0. The van der Waals surface area contributed by atoms with E-state index in [4.69, 9.17) is 20.4 Å². The van der Waals surface area contributed by atoms with Crippen LogP contribution in [-0.2, 0) is 9.59 Å². The van der Waals surface area contributed by atoms with E-state index < -0.39 is 0 Å². The summed E-state index contributed by atoms with van der Waals surface area (Å²) in [5.41, 5.74) is 1.41. The summed E-state index contributed by atoms with van der Waals surface area (Å²) in [4.78, 5) is 16.7. The molecule has 1 rings (SSSR count). The van der Waals surface area contributed by atoms with Gasteiger partial charge in [0.05, 0.1) is 0 Å². The van der Waals surface area contributed by atoms with Gasteiger partial charge >= 0.3 is 0 Å². The maximum atomic E-state index is 8.35. The predicted octanol–water partition coefficient (Wildman–Crippen LogP) is 2.61. The number of hydrogen-bond acceptors (Lipinski definition) is 4. The molecule has 0 aromatic heterocycles. The van der Waals surface area contributed by atoms with Crippen LogP contribution in [0.25, 0.3) is 0 Å². The third kappa shape index (κ3) is 12.0. The summed E-state index contributed by atoms with van der Waals surface area (Å²) < 4.78 is 0. The number of nitrogens with one attached hydrogen (secondary N) is 2. The Hall–Kier alpha value is -2.02. The van der Waals surface area contributed by atoms with Crippen molar-refractivity contribution in [1.29, 1.82) is 10.8 Å². The molecular formula is C11H14N2O2. The Kier molecular flexibility index (Phi) is 12.3. The van der Waals surface area contributed by atoms with Gasteiger partial charge in [-0.3, -0.25) is 0 Å². The summed E-state index contributed by atoms with van der Waals surface area (Å²) in [6, 6.07) is 10.5. The minimum absolute atomic E-state index is 0.659. The first kappa shape index (κ1) is 15.5. The van der Waals surface area contributed by atoms with Crippen LogP contribution in [0.15, 0.2) is 30.3 Å². The second kappa shape index (κ2) is 12.0. The lowest BCUT2D eigenvalue weighted by Gasteiger charge is -2.01. The largest absolute Gasteiger partial charge is 0.231 e. The fourth-order valence-corrected chi connectivity index (χ4v) is 0.838. The average molecular weight is 206 g/mol. The smallest absolute Gasteiger partial charge is 0.222 e. The second-order valence-electron chi connectivity index (χ2n) is 2.77. The summed E-state index contributed by atoms with van der Waals surface area (Å²) in [6.07, 6.45) is 1.50. The SMILES string of the molecule is CC(C)c1ccccc1.N=C=O.N=C=O. The van der Waals surface area contributed by atoms with Gasteiger partial charge in [0.25, 0.3) is 0 Å². The van der Waals surface area contributed by atoms with E-state index in [-0.39, 0.29) is 0 Å². The molecule has 4 heteroatoms. The lowest BCUT2D eigenvalue weighted by Crippen LogP contribution is -1.83. The Morgan fingerprint density at radius 1 is 1.00 bits per heavy atom. The standard InChI is InChI=1S/C9H12.2CHNO/c1-8(2)9-6-4-3-5-7-9;2*2-1-3/h3-8H,1-2H3;2*2H. The molecule has 0 aliphatic rings. The molecule has 0 bridgehead atoms. The number of hydrogen-bond donors (Lipinski definition) is 2. The van der Waals surface area contributed by atoms with Gasteiger partial charge in [-0.1, -0.05) is 44.2 Å². The van der Waals surface area contributed by atoms with Gasteiger partial charge in [-0.25, -0.2) is 20.4 Å². The molecule has 1 aromatic carbocycles. The van der Waals surface area contributed by atoms with Crippen molar-refractivity contribution in [1.82, 2.24) is 0 Å². The van der Waals surface area contributed by atoms with Gasteiger partial charge in [0.15, 0.2) is 0 Å². The van der Waals surface area contributed by atoms with Crippen LogP contribution >= 0.6 is 0 Å². The van der Waals surface area contributed by atoms with Crippen molar-refractivity contribution in [2.75, 3.05) is 0 Å². The minimum Gasteiger partial charge on any atom is -0.222 e. The van der Waals surface area contributed by atoms with E-state index in [9.17, 15) is 0 Å². The summed E-state index contributed by atoms with van der Waals surface area (Å²) in [7, 11) is 0. The molecule has 0 fully saturated rings. The van der Waals surface area contributed by atoms with Crippen LogP contribution in [0.3, 0.4) is 0 Å². The molecular weight excluding hydrogens is 192 g/mol. The van der Waals surface area contributed by atoms with Crippen molar-refractivity contribution in [3.8, 4) is 0 Å². The number of rotatable bonds is 1. The van der Waals surface area contributed by atoms with Crippen LogP contribution < -0.4 is 0 Å². The molecule has 15 heavy (non-hydrogen) atoms. The van der Waals surface area contributed by atoms with Crippen molar-refractivity contribution < 1.29 is 9.59 Å². The molecule has 0 heterocycles. The number of benzene rings is 1. The highest BCUT2D eigenvalue weighted by Gasteiger charge is 1.93. The van der Waals surface area contributed by atoms with E-state index in [1.54, 1.807) is 0 Å². The quantitative estimate of drug-likeness (QED) is 0.547. The van der Waals surface area contributed by atoms with Crippen molar-refractivity contribution >= 4 is 12.2 Å². The minimum atomic E-state index is 0.659. The maximum Gasteiger partial charge on any atom is 0.231 e. The van der Waals surface area contributed by atoms with Crippen LogP contribution in [0.1, 0.15) is 25.3 Å². The molecule has 1 aromatic rings. The van der Waals surface area contributed by atoms with Gasteiger partial charge in [0.2, 0.25) is 12.2 Å². The first-order valence-electron chi connectivity index (χ1n) is 4.26. The highest BCUT2D eigenvalue weighted by molar-refractivity contribution is 5.26. The lowest BCUT2D eigenvalue weighted by molar-refractivity contribution is 0.562. The normalized spacial score (nSPS) is 7.13. The molecule has 0 unspecified atom stereocenters. The lowest BCUT2D eigenvalue weighted by atomic mass is 10.0. The van der Waals surface area contributed by atoms with Gasteiger partial charge in [-0.05, 0) is 11.5 Å². The Morgan fingerprint density at radius 2 is 1.33 bits per heavy atom. The van der Waals surface area contributed by atoms with E-state index >= 15 is 0 Å². The monoisotopic (exact) mass is 206 g/mol. The second-order valence-corrected chi connectivity index (χ2v) is 2.77. The van der Waals surface area contributed by atoms with E-state index in [0.29, 0.717) is 5.92 Å². The maximum absolute atomic E-state index is 8.35. The summed E-state index contributed by atoms with van der Waals surface area (Å²) in [5.74, 6) is 0.659. The summed E-state index contributed by atoms with van der Waals surface area (Å²) in [6.45, 7) is 4.41. The molecule has 0 spiro atoms. The van der Waals surface area contributed by atoms with Crippen LogP contribution in [-0.4, -0.2) is 12.2 Å². The number of isocyanates is 2. The first-order valence-corrected chi connectivity index (χ1v) is 4.26. The average Bonchev–Trinajstić information content (AvgIpc) is 2.21. The third-order valence-electron chi connectivity index (χ3n) is 1.47. The zero-order chi connectivity index (χ0) is 12.1. The Labute approximate surface area is 89.0 Å². The van der Waals surface area contributed by atoms with Crippen molar-refractivity contribution in [2.24, 2.45) is 0 Å². The highest BCUT2D eigenvalue weighted by atomic mass is 16.1. The van der Waals surface area contributed by atoms with Crippen molar-refractivity contribution in [3.05, 3.63) is 35.9 Å². The Morgan fingerprint density at radius 3 is 1.53 bits per heavy atom. The molecule has 0 saturated carbocycles. The van der Waals surface area contributed by atoms with Crippen molar-refractivity contribution in [2.45, 2.75) is 19.8 Å². The fourth-order valence-electron chi connectivity index (χ4n) is 0.838. The van der Waals surface area contributed by atoms with Gasteiger partial charge in [0, 0.05) is 0 Å². The molecule has 0 atom stereocenters. The molecule has 0 aliphatic carbocycles. The van der Waals surface area contributed by atoms with E-state index in [1.807, 2.05) is 6.07 Å². The molecule has 2 N–H and O–H groups in total. The zero-order valence-corrected chi connectivity index (χ0v) is 8.78. The van der Waals surface area contributed by atoms with Gasteiger partial charge in [0.1, 0.15) is 0 Å².